The van der Waals surface area contributed by atoms with E-state index >= 15 is 0 Å². The Balaban J connectivity index is 2.22. The standard InChI is InChI=1S/C15H22N2O2/c1-10-6-15(18)17(8-10)9-13-7-12(11(2)16)4-5-14(13)19-3/h4-5,7,10-11H,6,8-9,16H2,1-3H3. The van der Waals surface area contributed by atoms with Crippen molar-refractivity contribution in [2.24, 2.45) is 11.7 Å². The van der Waals surface area contributed by atoms with E-state index in [1.165, 1.54) is 0 Å². The van der Waals surface area contributed by atoms with Gasteiger partial charge in [-0.2, -0.15) is 0 Å². The number of ether oxygens (including phenoxy) is 1. The van der Waals surface area contributed by atoms with Gasteiger partial charge in [0.2, 0.25) is 5.91 Å². The first kappa shape index (κ1) is 13.9. The SMILES string of the molecule is COc1ccc(C(C)N)cc1CN1CC(C)CC1=O. The Kier molecular flexibility index (Phi) is 4.10. The van der Waals surface area contributed by atoms with Crippen molar-refractivity contribution in [3.63, 3.8) is 0 Å². The van der Waals surface area contributed by atoms with Crippen molar-refractivity contribution in [1.82, 2.24) is 4.90 Å². The number of amides is 1. The Morgan fingerprint density at radius 1 is 1.53 bits per heavy atom. The van der Waals surface area contributed by atoms with Crippen molar-refractivity contribution in [2.75, 3.05) is 13.7 Å². The summed E-state index contributed by atoms with van der Waals surface area (Å²) in [6, 6.07) is 5.93. The maximum absolute atomic E-state index is 11.9. The van der Waals surface area contributed by atoms with Crippen LogP contribution in [0.1, 0.15) is 37.4 Å². The van der Waals surface area contributed by atoms with Crippen LogP contribution in [0.15, 0.2) is 18.2 Å². The number of nitrogens with zero attached hydrogens (tertiary/aromatic N) is 1. The lowest BCUT2D eigenvalue weighted by Crippen LogP contribution is -2.24. The van der Waals surface area contributed by atoms with Gasteiger partial charge in [-0.1, -0.05) is 13.0 Å². The molecule has 2 atom stereocenters. The molecule has 1 saturated heterocycles. The van der Waals surface area contributed by atoms with E-state index in [1.807, 2.05) is 30.0 Å². The van der Waals surface area contributed by atoms with Crippen LogP contribution in [0.25, 0.3) is 0 Å². The summed E-state index contributed by atoms with van der Waals surface area (Å²) in [6.45, 7) is 5.49. The fourth-order valence-corrected chi connectivity index (χ4v) is 2.53. The van der Waals surface area contributed by atoms with Crippen LogP contribution in [-0.2, 0) is 11.3 Å². The molecule has 0 aliphatic carbocycles. The van der Waals surface area contributed by atoms with E-state index in [1.54, 1.807) is 7.11 Å². The third kappa shape index (κ3) is 3.07. The zero-order valence-electron chi connectivity index (χ0n) is 11.8. The molecular formula is C15H22N2O2. The maximum atomic E-state index is 11.9. The smallest absolute Gasteiger partial charge is 0.223 e. The van der Waals surface area contributed by atoms with Gasteiger partial charge >= 0.3 is 0 Å². The number of benzene rings is 1. The predicted octanol–water partition coefficient (Wildman–Crippen LogP) is 2.08. The van der Waals surface area contributed by atoms with Gasteiger partial charge in [-0.05, 0) is 30.5 Å². The number of nitrogens with two attached hydrogens (primary N) is 1. The molecule has 2 unspecified atom stereocenters. The molecule has 4 nitrogen and oxygen atoms in total. The van der Waals surface area contributed by atoms with Gasteiger partial charge in [-0.3, -0.25) is 4.79 Å². The van der Waals surface area contributed by atoms with Gasteiger partial charge in [0, 0.05) is 31.1 Å². The Labute approximate surface area is 114 Å². The molecule has 1 aliphatic heterocycles. The topological polar surface area (TPSA) is 55.6 Å². The predicted molar refractivity (Wildman–Crippen MR) is 74.8 cm³/mol. The Hall–Kier alpha value is -1.55. The van der Waals surface area contributed by atoms with Crippen molar-refractivity contribution in [3.05, 3.63) is 29.3 Å². The summed E-state index contributed by atoms with van der Waals surface area (Å²) in [5.41, 5.74) is 8.00. The number of likely N-dealkylation sites (tertiary alicyclic amines) is 1. The van der Waals surface area contributed by atoms with Crippen molar-refractivity contribution in [1.29, 1.82) is 0 Å². The van der Waals surface area contributed by atoms with Crippen molar-refractivity contribution in [2.45, 2.75) is 32.9 Å². The second-order valence-electron chi connectivity index (χ2n) is 5.44. The molecular weight excluding hydrogens is 240 g/mol. The number of hydrogen-bond acceptors (Lipinski definition) is 3. The van der Waals surface area contributed by atoms with Gasteiger partial charge in [0.05, 0.1) is 7.11 Å². The molecule has 1 aliphatic rings. The van der Waals surface area contributed by atoms with Crippen LogP contribution in [0.5, 0.6) is 5.75 Å². The quantitative estimate of drug-likeness (QED) is 0.904. The second-order valence-corrected chi connectivity index (χ2v) is 5.44. The molecule has 2 rings (SSSR count). The van der Waals surface area contributed by atoms with Crippen LogP contribution < -0.4 is 10.5 Å². The van der Waals surface area contributed by atoms with E-state index in [-0.39, 0.29) is 11.9 Å². The fraction of sp³-hybridized carbons (Fsp3) is 0.533. The molecule has 19 heavy (non-hydrogen) atoms. The molecule has 1 aromatic rings. The Morgan fingerprint density at radius 3 is 2.79 bits per heavy atom. The van der Waals surface area contributed by atoms with Gasteiger partial charge in [-0.15, -0.1) is 0 Å². The Morgan fingerprint density at radius 2 is 2.26 bits per heavy atom. The van der Waals surface area contributed by atoms with E-state index in [9.17, 15) is 4.79 Å². The van der Waals surface area contributed by atoms with Gasteiger partial charge < -0.3 is 15.4 Å². The van der Waals surface area contributed by atoms with Gasteiger partial charge in [0.15, 0.2) is 0 Å². The van der Waals surface area contributed by atoms with E-state index in [2.05, 4.69) is 6.92 Å². The number of rotatable bonds is 4. The van der Waals surface area contributed by atoms with Crippen molar-refractivity contribution < 1.29 is 9.53 Å². The molecule has 2 N–H and O–H groups in total. The van der Waals surface area contributed by atoms with E-state index in [4.69, 9.17) is 10.5 Å². The highest BCUT2D eigenvalue weighted by atomic mass is 16.5. The van der Waals surface area contributed by atoms with E-state index in [0.29, 0.717) is 18.9 Å². The highest BCUT2D eigenvalue weighted by Crippen LogP contribution is 2.26. The number of carbonyl (C=O) groups excluding carboxylic acids is 1. The summed E-state index contributed by atoms with van der Waals surface area (Å²) in [5.74, 6) is 1.48. The van der Waals surface area contributed by atoms with Gasteiger partial charge in [-0.25, -0.2) is 0 Å². The normalized spacial score (nSPS) is 20.7. The lowest BCUT2D eigenvalue weighted by atomic mass is 10.0. The molecule has 1 heterocycles. The van der Waals surface area contributed by atoms with Crippen molar-refractivity contribution >= 4 is 5.91 Å². The molecule has 1 amide bonds. The lowest BCUT2D eigenvalue weighted by molar-refractivity contribution is -0.128. The molecule has 0 radical (unpaired) electrons. The highest BCUT2D eigenvalue weighted by molar-refractivity contribution is 5.78. The molecule has 0 aromatic heterocycles. The lowest BCUT2D eigenvalue weighted by Gasteiger charge is -2.19. The van der Waals surface area contributed by atoms with Crippen LogP contribution in [0.2, 0.25) is 0 Å². The average Bonchev–Trinajstić information content (AvgIpc) is 2.67. The third-order valence-electron chi connectivity index (χ3n) is 3.60. The first-order valence-electron chi connectivity index (χ1n) is 6.71. The minimum Gasteiger partial charge on any atom is -0.496 e. The summed E-state index contributed by atoms with van der Waals surface area (Å²) in [7, 11) is 1.65. The number of methoxy groups -OCH3 is 1. The van der Waals surface area contributed by atoms with Gasteiger partial charge in [0.25, 0.3) is 0 Å². The van der Waals surface area contributed by atoms with Crippen LogP contribution in [0, 0.1) is 5.92 Å². The average molecular weight is 262 g/mol. The van der Waals surface area contributed by atoms with E-state index < -0.39 is 0 Å². The largest absolute Gasteiger partial charge is 0.496 e. The van der Waals surface area contributed by atoms with Crippen LogP contribution >= 0.6 is 0 Å². The highest BCUT2D eigenvalue weighted by Gasteiger charge is 2.27. The van der Waals surface area contributed by atoms with Crippen LogP contribution in [0.3, 0.4) is 0 Å². The first-order chi connectivity index (χ1) is 9.01. The molecule has 1 aromatic carbocycles. The zero-order valence-corrected chi connectivity index (χ0v) is 11.8. The summed E-state index contributed by atoms with van der Waals surface area (Å²) in [5, 5.41) is 0. The molecule has 4 heteroatoms. The number of carbonyl (C=O) groups is 1. The molecule has 0 spiro atoms. The minimum atomic E-state index is -0.0159. The van der Waals surface area contributed by atoms with E-state index in [0.717, 1.165) is 23.4 Å². The summed E-state index contributed by atoms with van der Waals surface area (Å²) in [6.07, 6.45) is 0.648. The third-order valence-corrected chi connectivity index (χ3v) is 3.60. The fourth-order valence-electron chi connectivity index (χ4n) is 2.53. The summed E-state index contributed by atoms with van der Waals surface area (Å²) < 4.78 is 5.37. The maximum Gasteiger partial charge on any atom is 0.223 e. The zero-order chi connectivity index (χ0) is 14.0. The summed E-state index contributed by atoms with van der Waals surface area (Å²) >= 11 is 0. The monoisotopic (exact) mass is 262 g/mol. The number of hydrogen-bond donors (Lipinski definition) is 1. The molecule has 104 valence electrons. The van der Waals surface area contributed by atoms with Crippen molar-refractivity contribution in [3.8, 4) is 5.75 Å². The molecule has 0 saturated carbocycles. The van der Waals surface area contributed by atoms with Gasteiger partial charge in [0.1, 0.15) is 5.75 Å². The second kappa shape index (κ2) is 5.61. The van der Waals surface area contributed by atoms with Crippen LogP contribution in [-0.4, -0.2) is 24.5 Å². The van der Waals surface area contributed by atoms with Crippen LogP contribution in [0.4, 0.5) is 0 Å². The minimum absolute atomic E-state index is 0.0159. The Bertz CT molecular complexity index is 471. The first-order valence-corrected chi connectivity index (χ1v) is 6.71. The summed E-state index contributed by atoms with van der Waals surface area (Å²) in [4.78, 5) is 13.8. The molecule has 0 bridgehead atoms. The molecule has 1 fully saturated rings.